The Morgan fingerprint density at radius 3 is 2.24 bits per heavy atom. The number of nitrogens with one attached hydrogen (secondary N) is 3. The van der Waals surface area contributed by atoms with Crippen LogP contribution >= 0.6 is 28.1 Å². The SMILES string of the molecule is COc1cc(C(=O)NC(=S)NNC(=O)COc2ccc3ccccc3c2Br)cc(OC)c1OC. The molecule has 0 spiro atoms. The fourth-order valence-electron chi connectivity index (χ4n) is 3.05. The largest absolute Gasteiger partial charge is 0.493 e. The second kappa shape index (κ2) is 11.5. The fraction of sp³-hybridized carbons (Fsp3) is 0.174. The van der Waals surface area contributed by atoms with Crippen LogP contribution in [0.1, 0.15) is 10.4 Å². The number of ether oxygens (including phenoxy) is 4. The van der Waals surface area contributed by atoms with Gasteiger partial charge >= 0.3 is 0 Å². The van der Waals surface area contributed by atoms with Gasteiger partial charge in [0.2, 0.25) is 5.75 Å². The van der Waals surface area contributed by atoms with Gasteiger partial charge in [0.25, 0.3) is 11.8 Å². The molecule has 2 amide bonds. The Morgan fingerprint density at radius 1 is 0.912 bits per heavy atom. The van der Waals surface area contributed by atoms with Gasteiger partial charge in [-0.1, -0.05) is 30.3 Å². The second-order valence-corrected chi connectivity index (χ2v) is 7.96. The Labute approximate surface area is 209 Å². The predicted molar refractivity (Wildman–Crippen MR) is 135 cm³/mol. The first kappa shape index (κ1) is 25.1. The first-order valence-electron chi connectivity index (χ1n) is 9.88. The van der Waals surface area contributed by atoms with Crippen molar-refractivity contribution in [1.82, 2.24) is 16.2 Å². The van der Waals surface area contributed by atoms with Crippen molar-refractivity contribution < 1.29 is 28.5 Å². The average Bonchev–Trinajstić information content (AvgIpc) is 2.86. The number of thiocarbonyl (C=S) groups is 1. The minimum Gasteiger partial charge on any atom is -0.493 e. The molecule has 0 aliphatic carbocycles. The molecule has 9 nitrogen and oxygen atoms in total. The topological polar surface area (TPSA) is 107 Å². The highest BCUT2D eigenvalue weighted by molar-refractivity contribution is 9.10. The molecule has 3 aromatic carbocycles. The van der Waals surface area contributed by atoms with Gasteiger partial charge in [-0.25, -0.2) is 0 Å². The van der Waals surface area contributed by atoms with Crippen molar-refractivity contribution >= 4 is 55.8 Å². The molecule has 11 heteroatoms. The molecule has 3 N–H and O–H groups in total. The van der Waals surface area contributed by atoms with Crippen LogP contribution in [0.15, 0.2) is 53.0 Å². The van der Waals surface area contributed by atoms with Crippen molar-refractivity contribution in [3.05, 3.63) is 58.6 Å². The van der Waals surface area contributed by atoms with Crippen LogP contribution in [0.3, 0.4) is 0 Å². The van der Waals surface area contributed by atoms with Crippen molar-refractivity contribution in [2.75, 3.05) is 27.9 Å². The summed E-state index contributed by atoms with van der Waals surface area (Å²) in [7, 11) is 4.35. The average molecular weight is 548 g/mol. The van der Waals surface area contributed by atoms with Crippen LogP contribution in [0.2, 0.25) is 0 Å². The van der Waals surface area contributed by atoms with Crippen LogP contribution in [0.4, 0.5) is 0 Å². The molecule has 0 unspecified atom stereocenters. The lowest BCUT2D eigenvalue weighted by Crippen LogP contribution is -2.49. The lowest BCUT2D eigenvalue weighted by Gasteiger charge is -2.15. The number of rotatable bonds is 7. The molecule has 0 radical (unpaired) electrons. The molecule has 0 saturated carbocycles. The quantitative estimate of drug-likeness (QED) is 0.305. The van der Waals surface area contributed by atoms with Crippen molar-refractivity contribution in [2.45, 2.75) is 0 Å². The summed E-state index contributed by atoms with van der Waals surface area (Å²) < 4.78 is 22.1. The van der Waals surface area contributed by atoms with Gasteiger partial charge in [0.1, 0.15) is 5.75 Å². The van der Waals surface area contributed by atoms with Gasteiger partial charge < -0.3 is 18.9 Å². The van der Waals surface area contributed by atoms with Gasteiger partial charge in [0, 0.05) is 5.56 Å². The van der Waals surface area contributed by atoms with E-state index in [2.05, 4.69) is 32.1 Å². The highest BCUT2D eigenvalue weighted by Gasteiger charge is 2.18. The van der Waals surface area contributed by atoms with E-state index in [4.69, 9.17) is 31.2 Å². The Bertz CT molecular complexity index is 1210. The van der Waals surface area contributed by atoms with Crippen molar-refractivity contribution in [1.29, 1.82) is 0 Å². The van der Waals surface area contributed by atoms with Gasteiger partial charge in [0.15, 0.2) is 23.2 Å². The molecule has 0 aromatic heterocycles. The van der Waals surface area contributed by atoms with Gasteiger partial charge in [-0.05, 0) is 57.1 Å². The summed E-state index contributed by atoms with van der Waals surface area (Å²) in [5.74, 6) is 0.471. The number of fused-ring (bicyclic) bond motifs is 1. The number of halogens is 1. The van der Waals surface area contributed by atoms with Gasteiger partial charge in [-0.3, -0.25) is 25.8 Å². The Morgan fingerprint density at radius 2 is 1.59 bits per heavy atom. The zero-order valence-electron chi connectivity index (χ0n) is 18.6. The number of hydrogen-bond donors (Lipinski definition) is 3. The number of carbonyl (C=O) groups is 2. The summed E-state index contributed by atoms with van der Waals surface area (Å²) in [5, 5.41) is 4.36. The van der Waals surface area contributed by atoms with Crippen molar-refractivity contribution in [3.8, 4) is 23.0 Å². The third-order valence-electron chi connectivity index (χ3n) is 4.66. The maximum Gasteiger partial charge on any atom is 0.276 e. The molecular weight excluding hydrogens is 526 g/mol. The third kappa shape index (κ3) is 5.86. The molecule has 0 fully saturated rings. The first-order valence-corrected chi connectivity index (χ1v) is 11.1. The van der Waals surface area contributed by atoms with E-state index < -0.39 is 11.8 Å². The number of hydrazine groups is 1. The zero-order chi connectivity index (χ0) is 24.7. The van der Waals surface area contributed by atoms with Crippen molar-refractivity contribution in [3.63, 3.8) is 0 Å². The van der Waals surface area contributed by atoms with Crippen LogP contribution in [-0.4, -0.2) is 44.9 Å². The van der Waals surface area contributed by atoms with E-state index in [1.807, 2.05) is 30.3 Å². The van der Waals surface area contributed by atoms with E-state index in [1.165, 1.54) is 33.5 Å². The van der Waals surface area contributed by atoms with E-state index in [1.54, 1.807) is 6.07 Å². The molecule has 0 heterocycles. The van der Waals surface area contributed by atoms with E-state index in [0.717, 1.165) is 15.2 Å². The van der Waals surface area contributed by atoms with Crippen LogP contribution in [-0.2, 0) is 4.79 Å². The fourth-order valence-corrected chi connectivity index (χ4v) is 3.80. The summed E-state index contributed by atoms with van der Waals surface area (Å²) >= 11 is 8.58. The summed E-state index contributed by atoms with van der Waals surface area (Å²) in [6, 6.07) is 14.4. The Kier molecular flexibility index (Phi) is 8.50. The maximum absolute atomic E-state index is 12.6. The van der Waals surface area contributed by atoms with E-state index in [-0.39, 0.29) is 17.3 Å². The van der Waals surface area contributed by atoms with Crippen molar-refractivity contribution in [2.24, 2.45) is 0 Å². The van der Waals surface area contributed by atoms with E-state index in [9.17, 15) is 9.59 Å². The lowest BCUT2D eigenvalue weighted by atomic mass is 10.1. The number of carbonyl (C=O) groups excluding carboxylic acids is 2. The summed E-state index contributed by atoms with van der Waals surface area (Å²) in [6.45, 7) is -0.270. The van der Waals surface area contributed by atoms with Crippen LogP contribution in [0.5, 0.6) is 23.0 Å². The van der Waals surface area contributed by atoms with E-state index >= 15 is 0 Å². The summed E-state index contributed by atoms with van der Waals surface area (Å²) in [4.78, 5) is 24.7. The minimum atomic E-state index is -0.539. The number of methoxy groups -OCH3 is 3. The molecule has 3 aromatic rings. The van der Waals surface area contributed by atoms with E-state index in [0.29, 0.717) is 23.0 Å². The van der Waals surface area contributed by atoms with Gasteiger partial charge in [-0.2, -0.15) is 0 Å². The van der Waals surface area contributed by atoms with Gasteiger partial charge in [0.05, 0.1) is 25.8 Å². The molecule has 0 saturated heterocycles. The predicted octanol–water partition coefficient (Wildman–Crippen LogP) is 3.34. The maximum atomic E-state index is 12.6. The molecule has 0 aliphatic rings. The smallest absolute Gasteiger partial charge is 0.276 e. The molecule has 34 heavy (non-hydrogen) atoms. The monoisotopic (exact) mass is 547 g/mol. The lowest BCUT2D eigenvalue weighted by molar-refractivity contribution is -0.123. The molecule has 178 valence electrons. The van der Waals surface area contributed by atoms with Gasteiger partial charge in [-0.15, -0.1) is 0 Å². The Hall–Kier alpha value is -3.57. The molecule has 0 atom stereocenters. The van der Waals surface area contributed by atoms with Crippen LogP contribution in [0, 0.1) is 0 Å². The van der Waals surface area contributed by atoms with Crippen LogP contribution in [0.25, 0.3) is 10.8 Å². The van der Waals surface area contributed by atoms with Crippen LogP contribution < -0.4 is 35.1 Å². The first-order chi connectivity index (χ1) is 16.4. The zero-order valence-corrected chi connectivity index (χ0v) is 21.0. The molecule has 0 bridgehead atoms. The number of amides is 2. The summed E-state index contributed by atoms with van der Waals surface area (Å²) in [6.07, 6.45) is 0. The highest BCUT2D eigenvalue weighted by Crippen LogP contribution is 2.38. The number of benzene rings is 3. The highest BCUT2D eigenvalue weighted by atomic mass is 79.9. The molecule has 0 aliphatic heterocycles. The molecule has 3 rings (SSSR count). The summed E-state index contributed by atoms with van der Waals surface area (Å²) in [5.41, 5.74) is 5.06. The standard InChI is InChI=1S/C23H22BrN3O6S/c1-30-17-10-14(11-18(31-2)21(17)32-3)22(29)25-23(34)27-26-19(28)12-33-16-9-8-13-6-4-5-7-15(13)20(16)24/h4-11H,12H2,1-3H3,(H,26,28)(H2,25,27,29,34). The third-order valence-corrected chi connectivity index (χ3v) is 5.68. The second-order valence-electron chi connectivity index (χ2n) is 6.76. The Balaban J connectivity index is 1.53. The number of hydrogen-bond acceptors (Lipinski definition) is 7. The molecular formula is C23H22BrN3O6S. The normalized spacial score (nSPS) is 10.2. The minimum absolute atomic E-state index is 0.112.